The van der Waals surface area contributed by atoms with E-state index in [0.717, 1.165) is 12.0 Å². The van der Waals surface area contributed by atoms with Gasteiger partial charge in [-0.15, -0.1) is 12.4 Å². The summed E-state index contributed by atoms with van der Waals surface area (Å²) in [4.78, 5) is 23.6. The van der Waals surface area contributed by atoms with Crippen LogP contribution in [0.5, 0.6) is 0 Å². The van der Waals surface area contributed by atoms with Gasteiger partial charge in [-0.1, -0.05) is 19.1 Å². The van der Waals surface area contributed by atoms with Crippen LogP contribution in [0.15, 0.2) is 24.3 Å². The lowest BCUT2D eigenvalue weighted by atomic mass is 10.1. The van der Waals surface area contributed by atoms with E-state index in [-0.39, 0.29) is 36.3 Å². The van der Waals surface area contributed by atoms with E-state index in [1.165, 1.54) is 0 Å². The first kappa shape index (κ1) is 20.4. The van der Waals surface area contributed by atoms with Gasteiger partial charge in [0.15, 0.2) is 0 Å². The van der Waals surface area contributed by atoms with Gasteiger partial charge in [-0.05, 0) is 38.0 Å². The quantitative estimate of drug-likeness (QED) is 0.716. The van der Waals surface area contributed by atoms with Gasteiger partial charge >= 0.3 is 0 Å². The number of halogens is 1. The fourth-order valence-corrected chi connectivity index (χ4v) is 1.80. The van der Waals surface area contributed by atoms with Crippen LogP contribution in [0.1, 0.15) is 49.5 Å². The van der Waals surface area contributed by atoms with Crippen molar-refractivity contribution < 1.29 is 9.59 Å². The second-order valence-electron chi connectivity index (χ2n) is 5.44. The van der Waals surface area contributed by atoms with E-state index in [9.17, 15) is 9.59 Å². The van der Waals surface area contributed by atoms with Crippen LogP contribution in [0.25, 0.3) is 0 Å². The number of carbonyl (C=O) groups is 2. The van der Waals surface area contributed by atoms with E-state index in [1.54, 1.807) is 19.1 Å². The molecule has 1 rings (SSSR count). The molecular weight excluding hydrogens is 302 g/mol. The summed E-state index contributed by atoms with van der Waals surface area (Å²) in [6.07, 6.45) is 1.19. The average molecular weight is 328 g/mol. The minimum Gasteiger partial charge on any atom is -0.352 e. The van der Waals surface area contributed by atoms with Crippen molar-refractivity contribution in [3.05, 3.63) is 35.4 Å². The molecule has 22 heavy (non-hydrogen) atoms. The first-order valence-electron chi connectivity index (χ1n) is 7.34. The largest absolute Gasteiger partial charge is 0.352 e. The summed E-state index contributed by atoms with van der Waals surface area (Å²) >= 11 is 0. The topological polar surface area (TPSA) is 84.2 Å². The van der Waals surface area contributed by atoms with E-state index in [1.807, 2.05) is 26.0 Å². The number of hydrogen-bond donors (Lipinski definition) is 3. The third-order valence-corrected chi connectivity index (χ3v) is 3.18. The average Bonchev–Trinajstić information content (AvgIpc) is 2.44. The Bertz CT molecular complexity index is 492. The fourth-order valence-electron chi connectivity index (χ4n) is 1.80. The molecule has 0 saturated carbocycles. The van der Waals surface area contributed by atoms with Crippen LogP contribution in [0, 0.1) is 0 Å². The van der Waals surface area contributed by atoms with E-state index < -0.39 is 0 Å². The number of nitrogens with one attached hydrogen (secondary N) is 2. The number of hydrogen-bond acceptors (Lipinski definition) is 3. The highest BCUT2D eigenvalue weighted by Gasteiger charge is 2.09. The molecule has 0 saturated heterocycles. The standard InChI is InChI=1S/C16H25N3O2.ClH/c1-4-12(3)19-16(21)14-7-5-6-13(9-14)10-18-15(20)8-11(2)17;/h5-7,9,11-12H,4,8,10,17H2,1-3H3,(H,18,20)(H,19,21);1H. The number of rotatable bonds is 7. The van der Waals surface area contributed by atoms with Gasteiger partial charge in [0.2, 0.25) is 5.91 Å². The van der Waals surface area contributed by atoms with Gasteiger partial charge in [-0.2, -0.15) is 0 Å². The monoisotopic (exact) mass is 327 g/mol. The van der Waals surface area contributed by atoms with Gasteiger partial charge in [-0.25, -0.2) is 0 Å². The number of amides is 2. The zero-order valence-electron chi connectivity index (χ0n) is 13.4. The molecule has 2 atom stereocenters. The van der Waals surface area contributed by atoms with Gasteiger partial charge < -0.3 is 16.4 Å². The molecule has 0 radical (unpaired) electrons. The molecule has 6 heteroatoms. The maximum atomic E-state index is 12.0. The maximum absolute atomic E-state index is 12.0. The van der Waals surface area contributed by atoms with Crippen LogP contribution in [0.2, 0.25) is 0 Å². The molecular formula is C16H26ClN3O2. The van der Waals surface area contributed by atoms with Crippen LogP contribution in [-0.2, 0) is 11.3 Å². The van der Waals surface area contributed by atoms with E-state index in [0.29, 0.717) is 18.5 Å². The van der Waals surface area contributed by atoms with Crippen molar-refractivity contribution in [2.45, 2.75) is 52.2 Å². The Morgan fingerprint density at radius 1 is 1.27 bits per heavy atom. The van der Waals surface area contributed by atoms with Gasteiger partial charge in [0.1, 0.15) is 0 Å². The summed E-state index contributed by atoms with van der Waals surface area (Å²) in [6.45, 7) is 6.18. The Hall–Kier alpha value is -1.59. The zero-order chi connectivity index (χ0) is 15.8. The van der Waals surface area contributed by atoms with Gasteiger partial charge in [0.05, 0.1) is 0 Å². The van der Waals surface area contributed by atoms with E-state index >= 15 is 0 Å². The molecule has 0 spiro atoms. The predicted octanol–water partition coefficient (Wildman–Crippen LogP) is 1.99. The predicted molar refractivity (Wildman–Crippen MR) is 91.0 cm³/mol. The molecule has 5 nitrogen and oxygen atoms in total. The van der Waals surface area contributed by atoms with Crippen molar-refractivity contribution in [2.24, 2.45) is 5.73 Å². The van der Waals surface area contributed by atoms with Crippen molar-refractivity contribution >= 4 is 24.2 Å². The molecule has 0 aliphatic rings. The van der Waals surface area contributed by atoms with Crippen molar-refractivity contribution in [1.29, 1.82) is 0 Å². The van der Waals surface area contributed by atoms with Crippen LogP contribution in [0.4, 0.5) is 0 Å². The Kier molecular flexibility index (Phi) is 9.45. The molecule has 4 N–H and O–H groups in total. The minimum atomic E-state index is -0.155. The van der Waals surface area contributed by atoms with Crippen LogP contribution < -0.4 is 16.4 Å². The maximum Gasteiger partial charge on any atom is 0.251 e. The van der Waals surface area contributed by atoms with Crippen molar-refractivity contribution in [2.75, 3.05) is 0 Å². The first-order valence-corrected chi connectivity index (χ1v) is 7.34. The number of nitrogens with two attached hydrogens (primary N) is 1. The molecule has 0 bridgehead atoms. The second-order valence-corrected chi connectivity index (χ2v) is 5.44. The Labute approximate surface area is 138 Å². The van der Waals surface area contributed by atoms with Crippen molar-refractivity contribution in [1.82, 2.24) is 10.6 Å². The summed E-state index contributed by atoms with van der Waals surface area (Å²) in [7, 11) is 0. The van der Waals surface area contributed by atoms with Crippen molar-refractivity contribution in [3.8, 4) is 0 Å². The highest BCUT2D eigenvalue weighted by atomic mass is 35.5. The summed E-state index contributed by atoms with van der Waals surface area (Å²) in [5.41, 5.74) is 7.07. The Morgan fingerprint density at radius 2 is 1.95 bits per heavy atom. The molecule has 0 fully saturated rings. The second kappa shape index (κ2) is 10.2. The number of carbonyl (C=O) groups excluding carboxylic acids is 2. The first-order chi connectivity index (χ1) is 9.92. The van der Waals surface area contributed by atoms with E-state index in [4.69, 9.17) is 5.73 Å². The third kappa shape index (κ3) is 7.43. The molecule has 1 aromatic carbocycles. The lowest BCUT2D eigenvalue weighted by molar-refractivity contribution is -0.121. The highest BCUT2D eigenvalue weighted by Crippen LogP contribution is 2.06. The SMILES string of the molecule is CCC(C)NC(=O)c1cccc(CNC(=O)CC(C)N)c1.Cl. The summed E-state index contributed by atoms with van der Waals surface area (Å²) < 4.78 is 0. The molecule has 0 aliphatic carbocycles. The molecule has 2 amide bonds. The molecule has 0 aliphatic heterocycles. The lowest BCUT2D eigenvalue weighted by Gasteiger charge is -2.12. The molecule has 2 unspecified atom stereocenters. The lowest BCUT2D eigenvalue weighted by Crippen LogP contribution is -2.32. The molecule has 1 aromatic rings. The van der Waals surface area contributed by atoms with Crippen molar-refractivity contribution in [3.63, 3.8) is 0 Å². The molecule has 0 aromatic heterocycles. The van der Waals surface area contributed by atoms with E-state index in [2.05, 4.69) is 10.6 Å². The van der Waals surface area contributed by atoms with Gasteiger partial charge in [-0.3, -0.25) is 9.59 Å². The third-order valence-electron chi connectivity index (χ3n) is 3.18. The van der Waals surface area contributed by atoms with Gasteiger partial charge in [0, 0.05) is 30.6 Å². The number of benzene rings is 1. The summed E-state index contributed by atoms with van der Waals surface area (Å²) in [5.74, 6) is -0.174. The highest BCUT2D eigenvalue weighted by molar-refractivity contribution is 5.94. The van der Waals surface area contributed by atoms with Crippen LogP contribution in [0.3, 0.4) is 0 Å². The summed E-state index contributed by atoms with van der Waals surface area (Å²) in [6, 6.07) is 7.25. The van der Waals surface area contributed by atoms with Crippen LogP contribution in [-0.4, -0.2) is 23.9 Å². The zero-order valence-corrected chi connectivity index (χ0v) is 14.2. The van der Waals surface area contributed by atoms with Crippen LogP contribution >= 0.6 is 12.4 Å². The Balaban J connectivity index is 0.00000441. The molecule has 0 heterocycles. The fraction of sp³-hybridized carbons (Fsp3) is 0.500. The molecule has 124 valence electrons. The van der Waals surface area contributed by atoms with Gasteiger partial charge in [0.25, 0.3) is 5.91 Å². The minimum absolute atomic E-state index is 0. The summed E-state index contributed by atoms with van der Waals surface area (Å²) in [5, 5.41) is 5.72. The Morgan fingerprint density at radius 3 is 2.55 bits per heavy atom. The smallest absolute Gasteiger partial charge is 0.251 e. The normalized spacial score (nSPS) is 12.7.